The maximum Gasteiger partial charge on any atom is 0.0346 e. The van der Waals surface area contributed by atoms with E-state index in [0.717, 1.165) is 35.6 Å². The van der Waals surface area contributed by atoms with Gasteiger partial charge in [-0.15, -0.1) is 0 Å². The number of aromatic nitrogens is 1. The molecule has 0 radical (unpaired) electrons. The van der Waals surface area contributed by atoms with Crippen LogP contribution in [0, 0.1) is 34.5 Å². The molecule has 2 unspecified atom stereocenters. The van der Waals surface area contributed by atoms with Crippen molar-refractivity contribution in [2.75, 3.05) is 0 Å². The first-order valence-corrected chi connectivity index (χ1v) is 14.3. The predicted molar refractivity (Wildman–Crippen MR) is 143 cm³/mol. The van der Waals surface area contributed by atoms with Crippen LogP contribution in [-0.2, 0) is 0 Å². The van der Waals surface area contributed by atoms with Crippen molar-refractivity contribution in [2.24, 2.45) is 34.5 Å². The lowest BCUT2D eigenvalue weighted by Gasteiger charge is -2.61. The quantitative estimate of drug-likeness (QED) is 0.491. The zero-order chi connectivity index (χ0) is 23.7. The summed E-state index contributed by atoms with van der Waals surface area (Å²) in [5, 5.41) is 6.59. The zero-order valence-electron chi connectivity index (χ0n) is 22.2. The van der Waals surface area contributed by atoms with E-state index in [2.05, 4.69) is 75.4 Å². The number of benzene rings is 1. The van der Waals surface area contributed by atoms with E-state index in [0.29, 0.717) is 10.8 Å². The largest absolute Gasteiger partial charge is 0.309 e. The van der Waals surface area contributed by atoms with Crippen molar-refractivity contribution in [3.05, 3.63) is 42.2 Å². The van der Waals surface area contributed by atoms with E-state index in [-0.39, 0.29) is 5.54 Å². The van der Waals surface area contributed by atoms with Gasteiger partial charge in [0.05, 0.1) is 0 Å². The highest BCUT2D eigenvalue weighted by Gasteiger charge is 2.60. The molecule has 4 aliphatic rings. The second-order valence-corrected chi connectivity index (χ2v) is 14.2. The third kappa shape index (κ3) is 3.66. The average molecular weight is 459 g/mol. The Bertz CT molecular complexity index is 1050. The highest BCUT2D eigenvalue weighted by atomic mass is 15.0. The molecule has 0 bridgehead atoms. The molecule has 6 rings (SSSR count). The third-order valence-corrected chi connectivity index (χ3v) is 11.4. The van der Waals surface area contributed by atoms with Gasteiger partial charge < -0.3 is 5.32 Å². The molecule has 0 saturated heterocycles. The van der Waals surface area contributed by atoms with Gasteiger partial charge in [0, 0.05) is 29.4 Å². The Morgan fingerprint density at radius 1 is 0.853 bits per heavy atom. The number of hydrogen-bond acceptors (Lipinski definition) is 2. The Morgan fingerprint density at radius 3 is 2.47 bits per heavy atom. The van der Waals surface area contributed by atoms with Gasteiger partial charge in [-0.1, -0.05) is 26.0 Å². The van der Waals surface area contributed by atoms with Crippen LogP contribution in [0.4, 0.5) is 0 Å². The van der Waals surface area contributed by atoms with Gasteiger partial charge >= 0.3 is 0 Å². The lowest BCUT2D eigenvalue weighted by molar-refractivity contribution is -0.110. The second kappa shape index (κ2) is 8.05. The summed E-state index contributed by atoms with van der Waals surface area (Å²) < 4.78 is 0. The number of rotatable bonds is 2. The van der Waals surface area contributed by atoms with Crippen LogP contribution < -0.4 is 5.32 Å². The minimum absolute atomic E-state index is 0.236. The molecule has 0 amide bonds. The number of hydrogen-bond donors (Lipinski definition) is 1. The maximum absolute atomic E-state index is 4.40. The Hall–Kier alpha value is -1.41. The Kier molecular flexibility index (Phi) is 5.45. The second-order valence-electron chi connectivity index (χ2n) is 14.2. The van der Waals surface area contributed by atoms with Gasteiger partial charge in [0.1, 0.15) is 0 Å². The molecule has 8 atom stereocenters. The van der Waals surface area contributed by atoms with Crippen molar-refractivity contribution in [3.63, 3.8) is 0 Å². The first-order chi connectivity index (χ1) is 16.2. The van der Waals surface area contributed by atoms with Gasteiger partial charge in [0.15, 0.2) is 0 Å². The molecule has 1 aromatic carbocycles. The monoisotopic (exact) mass is 458 g/mol. The predicted octanol–water partition coefficient (Wildman–Crippen LogP) is 8.12. The Labute approximate surface area is 207 Å². The SMILES string of the molecule is CC(C)(C)N[C@H]1CC[C@@]2(C)C(CC[C@@H]3C2CC[C@]2(C)[C@@H](c4ccc5ccncc5c4)CC[C@@H]32)C1. The fraction of sp³-hybridized carbons (Fsp3) is 0.719. The molecule has 2 heteroatoms. The van der Waals surface area contributed by atoms with Crippen LogP contribution in [0.1, 0.15) is 104 Å². The lowest BCUT2D eigenvalue weighted by Crippen LogP contribution is -2.56. The van der Waals surface area contributed by atoms with Crippen molar-refractivity contribution in [3.8, 4) is 0 Å². The molecule has 0 aliphatic heterocycles. The highest BCUT2D eigenvalue weighted by molar-refractivity contribution is 5.82. The van der Waals surface area contributed by atoms with Gasteiger partial charge in [0.25, 0.3) is 0 Å². The summed E-state index contributed by atoms with van der Waals surface area (Å²) in [5.41, 5.74) is 2.87. The van der Waals surface area contributed by atoms with E-state index < -0.39 is 0 Å². The van der Waals surface area contributed by atoms with Gasteiger partial charge in [-0.25, -0.2) is 0 Å². The fourth-order valence-corrected chi connectivity index (χ4v) is 9.87. The summed E-state index contributed by atoms with van der Waals surface area (Å²) in [5.74, 6) is 4.49. The average Bonchev–Trinajstić information content (AvgIpc) is 3.15. The third-order valence-electron chi connectivity index (χ3n) is 11.4. The summed E-state index contributed by atoms with van der Waals surface area (Å²) in [7, 11) is 0. The molecule has 1 aromatic heterocycles. The van der Waals surface area contributed by atoms with E-state index in [9.17, 15) is 0 Å². The van der Waals surface area contributed by atoms with Gasteiger partial charge in [-0.05, 0) is 142 Å². The van der Waals surface area contributed by atoms with Crippen molar-refractivity contribution in [2.45, 2.75) is 110 Å². The molecule has 34 heavy (non-hydrogen) atoms. The van der Waals surface area contributed by atoms with Crippen molar-refractivity contribution >= 4 is 10.8 Å². The molecule has 184 valence electrons. The van der Waals surface area contributed by atoms with Crippen molar-refractivity contribution in [1.82, 2.24) is 10.3 Å². The topological polar surface area (TPSA) is 24.9 Å². The molecule has 1 heterocycles. The van der Waals surface area contributed by atoms with E-state index in [1.54, 1.807) is 5.56 Å². The summed E-state index contributed by atoms with van der Waals surface area (Å²) in [6.07, 6.45) is 16.9. The molecule has 2 aromatic rings. The van der Waals surface area contributed by atoms with Gasteiger partial charge in [0.2, 0.25) is 0 Å². The fourth-order valence-electron chi connectivity index (χ4n) is 9.87. The van der Waals surface area contributed by atoms with Crippen LogP contribution in [0.15, 0.2) is 36.7 Å². The highest BCUT2D eigenvalue weighted by Crippen LogP contribution is 2.69. The summed E-state index contributed by atoms with van der Waals surface area (Å²) in [6, 6.07) is 10.1. The van der Waals surface area contributed by atoms with Crippen LogP contribution in [0.2, 0.25) is 0 Å². The Balaban J connectivity index is 1.23. The number of nitrogens with one attached hydrogen (secondary N) is 1. The zero-order valence-corrected chi connectivity index (χ0v) is 22.2. The van der Waals surface area contributed by atoms with E-state index >= 15 is 0 Å². The molecule has 2 nitrogen and oxygen atoms in total. The molecule has 4 aliphatic carbocycles. The van der Waals surface area contributed by atoms with Crippen molar-refractivity contribution < 1.29 is 0 Å². The molecule has 4 saturated carbocycles. The van der Waals surface area contributed by atoms with E-state index in [4.69, 9.17) is 0 Å². The summed E-state index contributed by atoms with van der Waals surface area (Å²) >= 11 is 0. The van der Waals surface area contributed by atoms with Crippen LogP contribution in [0.3, 0.4) is 0 Å². The van der Waals surface area contributed by atoms with Crippen LogP contribution in [0.25, 0.3) is 10.8 Å². The summed E-state index contributed by atoms with van der Waals surface area (Å²) in [4.78, 5) is 4.40. The number of fused-ring (bicyclic) bond motifs is 6. The van der Waals surface area contributed by atoms with Crippen LogP contribution >= 0.6 is 0 Å². The Morgan fingerprint density at radius 2 is 1.65 bits per heavy atom. The number of nitrogens with zero attached hydrogens (tertiary/aromatic N) is 1. The molecule has 1 N–H and O–H groups in total. The smallest absolute Gasteiger partial charge is 0.0346 e. The summed E-state index contributed by atoms with van der Waals surface area (Å²) in [6.45, 7) is 12.4. The van der Waals surface area contributed by atoms with Crippen LogP contribution in [0.5, 0.6) is 0 Å². The maximum atomic E-state index is 4.40. The molecule has 0 spiro atoms. The molecular weight excluding hydrogens is 412 g/mol. The van der Waals surface area contributed by atoms with E-state index in [1.165, 1.54) is 68.6 Å². The number of pyridine rings is 1. The van der Waals surface area contributed by atoms with Crippen LogP contribution in [-0.4, -0.2) is 16.6 Å². The minimum atomic E-state index is 0.236. The van der Waals surface area contributed by atoms with E-state index in [1.807, 2.05) is 6.20 Å². The lowest BCUT2D eigenvalue weighted by atomic mass is 9.44. The molecular formula is C32H46N2. The first kappa shape index (κ1) is 23.0. The van der Waals surface area contributed by atoms with Gasteiger partial charge in [-0.2, -0.15) is 0 Å². The standard InChI is InChI=1S/C32H46N2/c1-30(2,3)34-25-12-15-31(4)24(19-25)8-9-26-28-11-10-27(32(28,5)16-13-29(26)31)22-7-6-21-14-17-33-20-23(21)18-22/h6-7,14,17-18,20,24-29,34H,8-13,15-16,19H2,1-5H3/t24?,25-,26-,27+,28-,29?,31-,32+/m0/s1. The molecule has 4 fully saturated rings. The minimum Gasteiger partial charge on any atom is -0.309 e. The first-order valence-electron chi connectivity index (χ1n) is 14.3. The van der Waals surface area contributed by atoms with Crippen molar-refractivity contribution in [1.29, 1.82) is 0 Å². The van der Waals surface area contributed by atoms with Gasteiger partial charge in [-0.3, -0.25) is 4.98 Å². The normalized spacial score (nSPS) is 42.1.